The van der Waals surface area contributed by atoms with Gasteiger partial charge in [-0.1, -0.05) is 19.3 Å². The van der Waals surface area contributed by atoms with Crippen molar-refractivity contribution in [1.82, 2.24) is 14.5 Å². The highest BCUT2D eigenvalue weighted by molar-refractivity contribution is 7.89. The highest BCUT2D eigenvalue weighted by atomic mass is 32.2. The number of aromatic nitrogens is 2. The van der Waals surface area contributed by atoms with E-state index in [1.54, 1.807) is 4.68 Å². The van der Waals surface area contributed by atoms with Gasteiger partial charge in [-0.15, -0.1) is 0 Å². The van der Waals surface area contributed by atoms with E-state index in [1.165, 1.54) is 18.8 Å². The summed E-state index contributed by atoms with van der Waals surface area (Å²) < 4.78 is 28.6. The summed E-state index contributed by atoms with van der Waals surface area (Å²) in [5.74, 6) is 0. The lowest BCUT2D eigenvalue weighted by molar-refractivity contribution is 0.277. The average molecular weight is 287 g/mol. The maximum absolute atomic E-state index is 12.2. The van der Waals surface area contributed by atoms with Gasteiger partial charge in [-0.3, -0.25) is 4.68 Å². The van der Waals surface area contributed by atoms with E-state index in [4.69, 9.17) is 5.11 Å². The number of nitrogens with one attached hydrogen (secondary N) is 1. The Labute approximate surface area is 113 Å². The van der Waals surface area contributed by atoms with Gasteiger partial charge in [0, 0.05) is 25.4 Å². The van der Waals surface area contributed by atoms with E-state index in [2.05, 4.69) is 9.82 Å². The second-order valence-corrected chi connectivity index (χ2v) is 6.69. The zero-order valence-corrected chi connectivity index (χ0v) is 11.8. The van der Waals surface area contributed by atoms with Crippen LogP contribution in [-0.2, 0) is 16.6 Å². The summed E-state index contributed by atoms with van der Waals surface area (Å²) in [6.45, 7) is 0.595. The molecule has 0 unspecified atom stereocenters. The third kappa shape index (κ3) is 4.02. The molecule has 0 amide bonds. The number of sulfonamides is 1. The predicted octanol–water partition coefficient (Wildman–Crippen LogP) is 0.876. The molecule has 0 aromatic carbocycles. The summed E-state index contributed by atoms with van der Waals surface area (Å²) in [7, 11) is -3.46. The number of hydrogen-bond donors (Lipinski definition) is 2. The van der Waals surface area contributed by atoms with E-state index in [0.717, 1.165) is 25.7 Å². The first-order valence-corrected chi connectivity index (χ1v) is 8.26. The molecule has 19 heavy (non-hydrogen) atoms. The van der Waals surface area contributed by atoms with E-state index in [0.29, 0.717) is 13.0 Å². The van der Waals surface area contributed by atoms with E-state index in [9.17, 15) is 8.42 Å². The van der Waals surface area contributed by atoms with E-state index in [1.807, 2.05) is 0 Å². The van der Waals surface area contributed by atoms with Crippen molar-refractivity contribution in [3.8, 4) is 0 Å². The number of aliphatic hydroxyl groups excluding tert-OH is 1. The Hall–Kier alpha value is -0.920. The molecule has 1 heterocycles. The van der Waals surface area contributed by atoms with Crippen LogP contribution in [0.5, 0.6) is 0 Å². The van der Waals surface area contributed by atoms with Crippen LogP contribution < -0.4 is 4.72 Å². The Kier molecular flexibility index (Phi) is 4.95. The first-order chi connectivity index (χ1) is 9.12. The molecule has 1 aliphatic carbocycles. The molecule has 0 aliphatic heterocycles. The Balaban J connectivity index is 1.99. The smallest absolute Gasteiger partial charge is 0.243 e. The molecule has 6 nitrogen and oxygen atoms in total. The van der Waals surface area contributed by atoms with E-state index < -0.39 is 10.0 Å². The van der Waals surface area contributed by atoms with Crippen molar-refractivity contribution in [2.75, 3.05) is 6.61 Å². The van der Waals surface area contributed by atoms with Crippen molar-refractivity contribution in [3.63, 3.8) is 0 Å². The summed E-state index contributed by atoms with van der Waals surface area (Å²) in [5, 5.41) is 12.7. The molecule has 1 aromatic rings. The van der Waals surface area contributed by atoms with Gasteiger partial charge in [-0.05, 0) is 19.3 Å². The predicted molar refractivity (Wildman–Crippen MR) is 71.1 cm³/mol. The minimum atomic E-state index is -3.46. The molecule has 0 bridgehead atoms. The summed E-state index contributed by atoms with van der Waals surface area (Å²) >= 11 is 0. The van der Waals surface area contributed by atoms with Crippen molar-refractivity contribution >= 4 is 10.0 Å². The fourth-order valence-electron chi connectivity index (χ4n) is 2.35. The maximum atomic E-state index is 12.2. The van der Waals surface area contributed by atoms with Crippen LogP contribution in [0.15, 0.2) is 17.3 Å². The lowest BCUT2D eigenvalue weighted by Crippen LogP contribution is -2.36. The molecule has 0 radical (unpaired) electrons. The van der Waals surface area contributed by atoms with Crippen LogP contribution in [-0.4, -0.2) is 36.0 Å². The maximum Gasteiger partial charge on any atom is 0.243 e. The van der Waals surface area contributed by atoms with Crippen LogP contribution in [0.25, 0.3) is 0 Å². The van der Waals surface area contributed by atoms with Gasteiger partial charge in [-0.2, -0.15) is 5.10 Å². The van der Waals surface area contributed by atoms with Crippen molar-refractivity contribution in [2.45, 2.75) is 56.0 Å². The number of hydrogen-bond acceptors (Lipinski definition) is 4. The first-order valence-electron chi connectivity index (χ1n) is 6.77. The highest BCUT2D eigenvalue weighted by Crippen LogP contribution is 2.19. The van der Waals surface area contributed by atoms with Crippen molar-refractivity contribution in [3.05, 3.63) is 12.4 Å². The van der Waals surface area contributed by atoms with Crippen LogP contribution in [0, 0.1) is 0 Å². The molecular formula is C12H21N3O3S. The van der Waals surface area contributed by atoms with Gasteiger partial charge in [0.15, 0.2) is 0 Å². The molecule has 1 aliphatic rings. The molecule has 2 N–H and O–H groups in total. The fraction of sp³-hybridized carbons (Fsp3) is 0.750. The van der Waals surface area contributed by atoms with Crippen LogP contribution in [0.3, 0.4) is 0 Å². The van der Waals surface area contributed by atoms with Gasteiger partial charge in [0.25, 0.3) is 0 Å². The summed E-state index contributed by atoms with van der Waals surface area (Å²) in [6, 6.07) is 0.0551. The molecule has 108 valence electrons. The van der Waals surface area contributed by atoms with Crippen LogP contribution in [0.2, 0.25) is 0 Å². The van der Waals surface area contributed by atoms with Crippen LogP contribution in [0.1, 0.15) is 38.5 Å². The normalized spacial score (nSPS) is 17.7. The third-order valence-electron chi connectivity index (χ3n) is 3.39. The van der Waals surface area contributed by atoms with E-state index >= 15 is 0 Å². The van der Waals surface area contributed by atoms with Crippen molar-refractivity contribution in [2.24, 2.45) is 0 Å². The molecule has 1 aromatic heterocycles. The molecule has 1 fully saturated rings. The Bertz CT molecular complexity index is 492. The minimum Gasteiger partial charge on any atom is -0.396 e. The average Bonchev–Trinajstić information content (AvgIpc) is 2.86. The quantitative estimate of drug-likeness (QED) is 0.813. The summed E-state index contributed by atoms with van der Waals surface area (Å²) in [5.41, 5.74) is 0. The van der Waals surface area contributed by atoms with Gasteiger partial charge < -0.3 is 5.11 Å². The second-order valence-electron chi connectivity index (χ2n) is 4.97. The lowest BCUT2D eigenvalue weighted by Gasteiger charge is -2.22. The summed E-state index contributed by atoms with van der Waals surface area (Å²) in [6.07, 6.45) is 8.64. The Morgan fingerprint density at radius 1 is 1.37 bits per heavy atom. The SMILES string of the molecule is O=S(=O)(NC1CCCCC1)c1cnn(CCCO)c1. The topological polar surface area (TPSA) is 84.2 Å². The minimum absolute atomic E-state index is 0.0551. The zero-order chi connectivity index (χ0) is 13.7. The Morgan fingerprint density at radius 3 is 2.79 bits per heavy atom. The first kappa shape index (κ1) is 14.5. The van der Waals surface area contributed by atoms with Gasteiger partial charge in [0.2, 0.25) is 10.0 Å². The largest absolute Gasteiger partial charge is 0.396 e. The number of aliphatic hydroxyl groups is 1. The molecule has 0 saturated heterocycles. The molecular weight excluding hydrogens is 266 g/mol. The van der Waals surface area contributed by atoms with Gasteiger partial charge in [0.1, 0.15) is 4.90 Å². The number of nitrogens with zero attached hydrogens (tertiary/aromatic N) is 2. The number of rotatable bonds is 6. The van der Waals surface area contributed by atoms with Gasteiger partial charge in [-0.25, -0.2) is 13.1 Å². The lowest BCUT2D eigenvalue weighted by atomic mass is 9.96. The van der Waals surface area contributed by atoms with Crippen LogP contribution in [0.4, 0.5) is 0 Å². The fourth-order valence-corrected chi connectivity index (χ4v) is 3.60. The van der Waals surface area contributed by atoms with Crippen molar-refractivity contribution in [1.29, 1.82) is 0 Å². The standard InChI is InChI=1S/C12H21N3O3S/c16-8-4-7-15-10-12(9-13-15)19(17,18)14-11-5-2-1-3-6-11/h9-11,14,16H,1-8H2. The monoisotopic (exact) mass is 287 g/mol. The van der Waals surface area contributed by atoms with Crippen LogP contribution >= 0.6 is 0 Å². The number of aryl methyl sites for hydroxylation is 1. The highest BCUT2D eigenvalue weighted by Gasteiger charge is 2.22. The Morgan fingerprint density at radius 2 is 2.11 bits per heavy atom. The molecule has 0 atom stereocenters. The van der Waals surface area contributed by atoms with Crippen molar-refractivity contribution < 1.29 is 13.5 Å². The molecule has 1 saturated carbocycles. The molecule has 0 spiro atoms. The zero-order valence-electron chi connectivity index (χ0n) is 11.0. The summed E-state index contributed by atoms with van der Waals surface area (Å²) in [4.78, 5) is 0.205. The van der Waals surface area contributed by atoms with Gasteiger partial charge in [0.05, 0.1) is 6.20 Å². The van der Waals surface area contributed by atoms with E-state index in [-0.39, 0.29) is 17.5 Å². The molecule has 7 heteroatoms. The molecule has 2 rings (SSSR count). The second kappa shape index (κ2) is 6.49. The third-order valence-corrected chi connectivity index (χ3v) is 4.87. The van der Waals surface area contributed by atoms with Gasteiger partial charge >= 0.3 is 0 Å².